The first-order valence-electron chi connectivity index (χ1n) is 5.19. The number of hydrogen-bond acceptors (Lipinski definition) is 2. The van der Waals surface area contributed by atoms with Crippen LogP contribution in [-0.4, -0.2) is 30.4 Å². The summed E-state index contributed by atoms with van der Waals surface area (Å²) in [7, 11) is 1.91. The molecule has 2 saturated carbocycles. The molecule has 1 amide bonds. The van der Waals surface area contributed by atoms with Gasteiger partial charge >= 0.3 is 0 Å². The topological polar surface area (TPSA) is 46.3 Å². The molecule has 0 heterocycles. The highest BCUT2D eigenvalue weighted by Crippen LogP contribution is 2.31. The van der Waals surface area contributed by atoms with E-state index in [1.807, 2.05) is 11.9 Å². The summed E-state index contributed by atoms with van der Waals surface area (Å²) in [5, 5.41) is 0. The van der Waals surface area contributed by atoms with E-state index in [0.29, 0.717) is 0 Å². The first kappa shape index (κ1) is 9.00. The maximum Gasteiger partial charge on any atom is 0.227 e. The van der Waals surface area contributed by atoms with E-state index in [1.54, 1.807) is 0 Å². The van der Waals surface area contributed by atoms with Crippen LogP contribution >= 0.6 is 0 Å². The molecule has 2 aliphatic rings. The number of nitrogens with two attached hydrogens (primary N) is 1. The third kappa shape index (κ3) is 1.85. The van der Waals surface area contributed by atoms with E-state index in [0.717, 1.165) is 18.9 Å². The van der Waals surface area contributed by atoms with Crippen LogP contribution in [-0.2, 0) is 4.79 Å². The van der Waals surface area contributed by atoms with Crippen LogP contribution in [0.25, 0.3) is 0 Å². The molecule has 2 unspecified atom stereocenters. The van der Waals surface area contributed by atoms with Crippen molar-refractivity contribution in [1.29, 1.82) is 0 Å². The van der Waals surface area contributed by atoms with Crippen molar-refractivity contribution in [3.05, 3.63) is 0 Å². The second-order valence-corrected chi connectivity index (χ2v) is 4.52. The van der Waals surface area contributed by atoms with Crippen LogP contribution in [0.1, 0.15) is 25.7 Å². The van der Waals surface area contributed by atoms with Crippen molar-refractivity contribution >= 4 is 5.91 Å². The number of carbonyl (C=O) groups excluding carboxylic acids is 1. The molecule has 0 aromatic rings. The van der Waals surface area contributed by atoms with Crippen LogP contribution in [0.15, 0.2) is 0 Å². The predicted molar refractivity (Wildman–Crippen MR) is 51.1 cm³/mol. The highest BCUT2D eigenvalue weighted by Gasteiger charge is 2.41. The fourth-order valence-electron chi connectivity index (χ4n) is 1.93. The Hall–Kier alpha value is -0.570. The Morgan fingerprint density at radius 3 is 2.54 bits per heavy atom. The molecule has 3 nitrogen and oxygen atoms in total. The number of nitrogens with zero attached hydrogens (tertiary/aromatic N) is 1. The van der Waals surface area contributed by atoms with Gasteiger partial charge in [-0.3, -0.25) is 4.79 Å². The van der Waals surface area contributed by atoms with Crippen molar-refractivity contribution < 1.29 is 4.79 Å². The zero-order valence-corrected chi connectivity index (χ0v) is 8.20. The molecule has 3 heteroatoms. The summed E-state index contributed by atoms with van der Waals surface area (Å²) in [5.74, 6) is 1.17. The van der Waals surface area contributed by atoms with Crippen molar-refractivity contribution in [1.82, 2.24) is 4.90 Å². The maximum atomic E-state index is 11.6. The quantitative estimate of drug-likeness (QED) is 0.694. The van der Waals surface area contributed by atoms with Gasteiger partial charge < -0.3 is 10.6 Å². The van der Waals surface area contributed by atoms with E-state index < -0.39 is 0 Å². The van der Waals surface area contributed by atoms with Crippen molar-refractivity contribution in [3.8, 4) is 0 Å². The summed E-state index contributed by atoms with van der Waals surface area (Å²) >= 11 is 0. The molecule has 0 aliphatic heterocycles. The third-order valence-electron chi connectivity index (χ3n) is 3.29. The van der Waals surface area contributed by atoms with Gasteiger partial charge in [-0.05, 0) is 25.2 Å². The predicted octanol–water partition coefficient (Wildman–Crippen LogP) is 0.592. The van der Waals surface area contributed by atoms with Crippen molar-refractivity contribution in [2.24, 2.45) is 17.6 Å². The average molecular weight is 182 g/mol. The molecule has 0 aromatic carbocycles. The summed E-state index contributed by atoms with van der Waals surface area (Å²) < 4.78 is 0. The SMILES string of the molecule is CN(CC1CCC1)C(=O)C1CC1N. The Morgan fingerprint density at radius 1 is 1.54 bits per heavy atom. The molecule has 2 rings (SSSR count). The molecule has 2 aliphatic carbocycles. The first-order valence-corrected chi connectivity index (χ1v) is 5.19. The Labute approximate surface area is 79.3 Å². The molecule has 0 spiro atoms. The monoisotopic (exact) mass is 182 g/mol. The molecule has 0 aromatic heterocycles. The summed E-state index contributed by atoms with van der Waals surface area (Å²) in [5.41, 5.74) is 5.63. The molecule has 2 atom stereocenters. The highest BCUT2D eigenvalue weighted by molar-refractivity contribution is 5.82. The lowest BCUT2D eigenvalue weighted by atomic mass is 9.85. The van der Waals surface area contributed by atoms with E-state index in [-0.39, 0.29) is 17.9 Å². The van der Waals surface area contributed by atoms with Gasteiger partial charge in [-0.25, -0.2) is 0 Å². The van der Waals surface area contributed by atoms with Gasteiger partial charge in [-0.2, -0.15) is 0 Å². The van der Waals surface area contributed by atoms with Crippen LogP contribution in [0.2, 0.25) is 0 Å². The molecule has 13 heavy (non-hydrogen) atoms. The first-order chi connectivity index (χ1) is 6.18. The minimum atomic E-state index is 0.144. The van der Waals surface area contributed by atoms with Crippen LogP contribution in [0.4, 0.5) is 0 Å². The molecular formula is C10H18N2O. The van der Waals surface area contributed by atoms with Gasteiger partial charge in [0.1, 0.15) is 0 Å². The minimum Gasteiger partial charge on any atom is -0.345 e. The normalized spacial score (nSPS) is 32.5. The number of rotatable bonds is 3. The number of hydrogen-bond donors (Lipinski definition) is 1. The van der Waals surface area contributed by atoms with E-state index in [1.165, 1.54) is 19.3 Å². The summed E-state index contributed by atoms with van der Waals surface area (Å²) in [6, 6.07) is 0.149. The van der Waals surface area contributed by atoms with E-state index >= 15 is 0 Å². The Kier molecular flexibility index (Phi) is 2.28. The summed E-state index contributed by atoms with van der Waals surface area (Å²) in [6.45, 7) is 0.946. The largest absolute Gasteiger partial charge is 0.345 e. The van der Waals surface area contributed by atoms with Gasteiger partial charge in [0.05, 0.1) is 5.92 Å². The zero-order valence-electron chi connectivity index (χ0n) is 8.20. The van der Waals surface area contributed by atoms with Gasteiger partial charge in [0.2, 0.25) is 5.91 Å². The molecule has 74 valence electrons. The third-order valence-corrected chi connectivity index (χ3v) is 3.29. The molecule has 0 bridgehead atoms. The second kappa shape index (κ2) is 3.29. The fourth-order valence-corrected chi connectivity index (χ4v) is 1.93. The summed E-state index contributed by atoms with van der Waals surface area (Å²) in [6.07, 6.45) is 4.84. The number of carbonyl (C=O) groups is 1. The molecule has 2 N–H and O–H groups in total. The van der Waals surface area contributed by atoms with Gasteiger partial charge in [-0.15, -0.1) is 0 Å². The van der Waals surface area contributed by atoms with Gasteiger partial charge in [-0.1, -0.05) is 6.42 Å². The lowest BCUT2D eigenvalue weighted by Crippen LogP contribution is -2.36. The summed E-state index contributed by atoms with van der Waals surface area (Å²) in [4.78, 5) is 13.5. The van der Waals surface area contributed by atoms with Crippen molar-refractivity contribution in [3.63, 3.8) is 0 Å². The van der Waals surface area contributed by atoms with Crippen LogP contribution in [0.5, 0.6) is 0 Å². The van der Waals surface area contributed by atoms with E-state index in [4.69, 9.17) is 5.73 Å². The van der Waals surface area contributed by atoms with Gasteiger partial charge in [0.15, 0.2) is 0 Å². The lowest BCUT2D eigenvalue weighted by Gasteiger charge is -2.30. The number of amides is 1. The van der Waals surface area contributed by atoms with Crippen molar-refractivity contribution in [2.75, 3.05) is 13.6 Å². The van der Waals surface area contributed by atoms with Gasteiger partial charge in [0.25, 0.3) is 0 Å². The van der Waals surface area contributed by atoms with Crippen molar-refractivity contribution in [2.45, 2.75) is 31.7 Å². The van der Waals surface area contributed by atoms with Gasteiger partial charge in [0, 0.05) is 19.6 Å². The Balaban J connectivity index is 1.75. The molecule has 0 saturated heterocycles. The minimum absolute atomic E-state index is 0.144. The standard InChI is InChI=1S/C10H18N2O/c1-12(6-7-3-2-4-7)10(13)8-5-9(8)11/h7-9H,2-6,11H2,1H3. The molecular weight excluding hydrogens is 164 g/mol. The second-order valence-electron chi connectivity index (χ2n) is 4.52. The molecule has 2 fully saturated rings. The van der Waals surface area contributed by atoms with Crippen LogP contribution in [0, 0.1) is 11.8 Å². The average Bonchev–Trinajstić information content (AvgIpc) is 2.73. The van der Waals surface area contributed by atoms with E-state index in [2.05, 4.69) is 0 Å². The lowest BCUT2D eigenvalue weighted by molar-refractivity contribution is -0.132. The highest BCUT2D eigenvalue weighted by atomic mass is 16.2. The van der Waals surface area contributed by atoms with Crippen LogP contribution in [0.3, 0.4) is 0 Å². The fraction of sp³-hybridized carbons (Fsp3) is 0.900. The van der Waals surface area contributed by atoms with Crippen LogP contribution < -0.4 is 5.73 Å². The Morgan fingerprint density at radius 2 is 2.15 bits per heavy atom. The smallest absolute Gasteiger partial charge is 0.227 e. The Bertz CT molecular complexity index is 213. The molecule has 0 radical (unpaired) electrons. The maximum absolute atomic E-state index is 11.6. The zero-order chi connectivity index (χ0) is 9.42. The van der Waals surface area contributed by atoms with E-state index in [9.17, 15) is 4.79 Å².